The zero-order valence-corrected chi connectivity index (χ0v) is 18.7. The minimum Gasteiger partial charge on any atom is -0.493 e. The summed E-state index contributed by atoms with van der Waals surface area (Å²) in [5, 5.41) is 3.46. The van der Waals surface area contributed by atoms with E-state index in [0.29, 0.717) is 18.9 Å². The van der Waals surface area contributed by atoms with Crippen molar-refractivity contribution in [3.63, 3.8) is 0 Å². The highest BCUT2D eigenvalue weighted by molar-refractivity contribution is 5.75. The Bertz CT molecular complexity index is 1010. The van der Waals surface area contributed by atoms with E-state index < -0.39 is 0 Å². The second-order valence-corrected chi connectivity index (χ2v) is 8.13. The first-order valence-corrected chi connectivity index (χ1v) is 11.2. The van der Waals surface area contributed by atoms with Crippen LogP contribution in [0.15, 0.2) is 59.0 Å². The molecule has 1 fully saturated rings. The first kappa shape index (κ1) is 22.1. The standard InChI is InChI=1S/C26H30N2O4/c1-18-22(28-25(32-18)20-8-4-3-5-9-20)16-17-31-21-14-12-19(13-15-21)23-10-6-7-11-24(27-23)26(29)30-2/h3-5,8-9,12-15,23-24,27H,6-7,10-11,16-17H2,1-2H3/t23-,24-/m0/s1. The molecule has 32 heavy (non-hydrogen) atoms. The van der Waals surface area contributed by atoms with Crippen LogP contribution in [-0.4, -0.2) is 30.7 Å². The number of aromatic nitrogens is 1. The summed E-state index contributed by atoms with van der Waals surface area (Å²) in [6.07, 6.45) is 4.61. The third-order valence-corrected chi connectivity index (χ3v) is 5.93. The van der Waals surface area contributed by atoms with E-state index in [4.69, 9.17) is 13.9 Å². The fourth-order valence-electron chi connectivity index (χ4n) is 4.12. The molecule has 0 amide bonds. The van der Waals surface area contributed by atoms with Crippen molar-refractivity contribution >= 4 is 5.97 Å². The molecule has 2 heterocycles. The minimum absolute atomic E-state index is 0.143. The smallest absolute Gasteiger partial charge is 0.322 e. The van der Waals surface area contributed by atoms with Gasteiger partial charge in [-0.3, -0.25) is 10.1 Å². The number of esters is 1. The van der Waals surface area contributed by atoms with E-state index in [9.17, 15) is 4.79 Å². The van der Waals surface area contributed by atoms with Gasteiger partial charge < -0.3 is 13.9 Å². The van der Waals surface area contributed by atoms with Crippen LogP contribution in [0.1, 0.15) is 48.7 Å². The van der Waals surface area contributed by atoms with Crippen molar-refractivity contribution in [2.45, 2.75) is 51.1 Å². The molecule has 0 saturated carbocycles. The van der Waals surface area contributed by atoms with Crippen molar-refractivity contribution in [1.82, 2.24) is 10.3 Å². The van der Waals surface area contributed by atoms with Crippen LogP contribution in [0.4, 0.5) is 0 Å². The lowest BCUT2D eigenvalue weighted by Gasteiger charge is -2.21. The minimum atomic E-state index is -0.241. The van der Waals surface area contributed by atoms with E-state index in [2.05, 4.69) is 22.4 Å². The summed E-state index contributed by atoms with van der Waals surface area (Å²) in [7, 11) is 1.44. The Labute approximate surface area is 189 Å². The Morgan fingerprint density at radius 3 is 2.59 bits per heavy atom. The Hall–Kier alpha value is -3.12. The number of hydrogen-bond donors (Lipinski definition) is 1. The number of hydrogen-bond acceptors (Lipinski definition) is 6. The SMILES string of the molecule is COC(=O)[C@@H]1CCCC[C@@H](c2ccc(OCCc3nc(-c4ccccc4)oc3C)cc2)N1. The third kappa shape index (κ3) is 5.37. The molecule has 1 saturated heterocycles. The van der Waals surface area contributed by atoms with Crippen LogP contribution in [0, 0.1) is 6.92 Å². The molecule has 0 spiro atoms. The van der Waals surface area contributed by atoms with E-state index in [1.165, 1.54) is 7.11 Å². The maximum atomic E-state index is 12.0. The Kier molecular flexibility index (Phi) is 7.22. The molecule has 1 N–H and O–H groups in total. The number of ether oxygens (including phenoxy) is 2. The molecule has 2 aromatic carbocycles. The fourth-order valence-corrected chi connectivity index (χ4v) is 4.12. The van der Waals surface area contributed by atoms with Crippen molar-refractivity contribution in [1.29, 1.82) is 0 Å². The van der Waals surface area contributed by atoms with Crippen molar-refractivity contribution in [3.8, 4) is 17.2 Å². The quantitative estimate of drug-likeness (QED) is 0.527. The highest BCUT2D eigenvalue weighted by atomic mass is 16.5. The van der Waals surface area contributed by atoms with Crippen LogP contribution in [-0.2, 0) is 16.0 Å². The largest absolute Gasteiger partial charge is 0.493 e. The van der Waals surface area contributed by atoms with Gasteiger partial charge >= 0.3 is 5.97 Å². The molecular formula is C26H30N2O4. The van der Waals surface area contributed by atoms with Crippen LogP contribution >= 0.6 is 0 Å². The summed E-state index contributed by atoms with van der Waals surface area (Å²) >= 11 is 0. The third-order valence-electron chi connectivity index (χ3n) is 5.93. The Morgan fingerprint density at radius 1 is 1.09 bits per heavy atom. The molecule has 168 valence electrons. The van der Waals surface area contributed by atoms with Crippen molar-refractivity contribution in [2.75, 3.05) is 13.7 Å². The van der Waals surface area contributed by atoms with Crippen molar-refractivity contribution in [3.05, 3.63) is 71.6 Å². The van der Waals surface area contributed by atoms with Crippen LogP contribution < -0.4 is 10.1 Å². The number of methoxy groups -OCH3 is 1. The molecule has 0 aliphatic carbocycles. The summed E-state index contributed by atoms with van der Waals surface area (Å²) < 4.78 is 16.7. The van der Waals surface area contributed by atoms with Crippen molar-refractivity contribution < 1.29 is 18.7 Å². The number of rotatable bonds is 7. The zero-order chi connectivity index (χ0) is 22.3. The van der Waals surface area contributed by atoms with Crippen molar-refractivity contribution in [2.24, 2.45) is 0 Å². The lowest BCUT2D eigenvalue weighted by atomic mass is 10.0. The van der Waals surface area contributed by atoms with Gasteiger partial charge in [0.1, 0.15) is 17.6 Å². The fraction of sp³-hybridized carbons (Fsp3) is 0.385. The predicted molar refractivity (Wildman–Crippen MR) is 122 cm³/mol. The van der Waals surface area contributed by atoms with Gasteiger partial charge in [0.15, 0.2) is 0 Å². The second kappa shape index (κ2) is 10.5. The maximum absolute atomic E-state index is 12.0. The molecule has 6 nitrogen and oxygen atoms in total. The highest BCUT2D eigenvalue weighted by Crippen LogP contribution is 2.27. The zero-order valence-electron chi connectivity index (χ0n) is 18.7. The molecule has 2 atom stereocenters. The van der Waals surface area contributed by atoms with E-state index in [-0.39, 0.29) is 18.1 Å². The molecule has 4 rings (SSSR count). The predicted octanol–water partition coefficient (Wildman–Crippen LogP) is 5.02. The Balaban J connectivity index is 1.33. The summed E-state index contributed by atoms with van der Waals surface area (Å²) in [4.78, 5) is 16.6. The number of nitrogens with zero attached hydrogens (tertiary/aromatic N) is 1. The van der Waals surface area contributed by atoms with Crippen LogP contribution in [0.3, 0.4) is 0 Å². The second-order valence-electron chi connectivity index (χ2n) is 8.13. The lowest BCUT2D eigenvalue weighted by Crippen LogP contribution is -2.38. The van der Waals surface area contributed by atoms with Gasteiger partial charge in [-0.05, 0) is 49.6 Å². The van der Waals surface area contributed by atoms with Gasteiger partial charge in [0, 0.05) is 18.0 Å². The van der Waals surface area contributed by atoms with Crippen LogP contribution in [0.2, 0.25) is 0 Å². The van der Waals surface area contributed by atoms with Crippen LogP contribution in [0.5, 0.6) is 5.75 Å². The summed E-state index contributed by atoms with van der Waals surface area (Å²) in [5.41, 5.74) is 3.05. The molecule has 0 bridgehead atoms. The summed E-state index contributed by atoms with van der Waals surface area (Å²) in [6, 6.07) is 17.9. The van der Waals surface area contributed by atoms with Gasteiger partial charge in [0.05, 0.1) is 19.4 Å². The van der Waals surface area contributed by atoms with Gasteiger partial charge in [0.2, 0.25) is 5.89 Å². The van der Waals surface area contributed by atoms with Gasteiger partial charge in [-0.2, -0.15) is 0 Å². The van der Waals surface area contributed by atoms with E-state index in [1.807, 2.05) is 49.4 Å². The van der Waals surface area contributed by atoms with Crippen LogP contribution in [0.25, 0.3) is 11.5 Å². The number of nitrogens with one attached hydrogen (secondary N) is 1. The molecular weight excluding hydrogens is 404 g/mol. The first-order chi connectivity index (χ1) is 15.6. The van der Waals surface area contributed by atoms with Gasteiger partial charge in [-0.15, -0.1) is 0 Å². The van der Waals surface area contributed by atoms with E-state index in [0.717, 1.165) is 54.0 Å². The normalized spacial score (nSPS) is 18.7. The first-order valence-electron chi connectivity index (χ1n) is 11.2. The molecule has 1 aromatic heterocycles. The molecule has 1 aliphatic rings. The molecule has 0 unspecified atom stereocenters. The van der Waals surface area contributed by atoms with Gasteiger partial charge in [0.25, 0.3) is 0 Å². The molecule has 1 aliphatic heterocycles. The summed E-state index contributed by atoms with van der Waals surface area (Å²) in [6.45, 7) is 2.46. The van der Waals surface area contributed by atoms with Gasteiger partial charge in [-0.1, -0.05) is 43.2 Å². The number of oxazole rings is 1. The number of benzene rings is 2. The number of aryl methyl sites for hydroxylation is 1. The van der Waals surface area contributed by atoms with E-state index >= 15 is 0 Å². The highest BCUT2D eigenvalue weighted by Gasteiger charge is 2.26. The topological polar surface area (TPSA) is 73.6 Å². The average Bonchev–Trinajstić information content (AvgIpc) is 3.04. The summed E-state index contributed by atoms with van der Waals surface area (Å²) in [5.74, 6) is 2.10. The molecule has 6 heteroatoms. The molecule has 3 aromatic rings. The Morgan fingerprint density at radius 2 is 1.84 bits per heavy atom. The monoisotopic (exact) mass is 434 g/mol. The van der Waals surface area contributed by atoms with Gasteiger partial charge in [-0.25, -0.2) is 4.98 Å². The average molecular weight is 435 g/mol. The molecule has 0 radical (unpaired) electrons. The lowest BCUT2D eigenvalue weighted by molar-refractivity contribution is -0.143. The maximum Gasteiger partial charge on any atom is 0.322 e. The van der Waals surface area contributed by atoms with E-state index in [1.54, 1.807) is 0 Å². The number of carbonyl (C=O) groups is 1. The number of carbonyl (C=O) groups excluding carboxylic acids is 1.